The number of fused-ring (bicyclic) bond motifs is 1. The Morgan fingerprint density at radius 1 is 1.12 bits per heavy atom. The van der Waals surface area contributed by atoms with Crippen molar-refractivity contribution < 1.29 is 4.52 Å². The Kier molecular flexibility index (Phi) is 6.43. The maximum atomic E-state index is 6.02. The van der Waals surface area contributed by atoms with Gasteiger partial charge >= 0.3 is 0 Å². The number of halogens is 1. The summed E-state index contributed by atoms with van der Waals surface area (Å²) in [7, 11) is 0. The second-order valence-electron chi connectivity index (χ2n) is 7.90. The maximum Gasteiger partial charge on any atom is 0.180 e. The van der Waals surface area contributed by atoms with E-state index in [1.807, 2.05) is 0 Å². The highest BCUT2D eigenvalue weighted by Crippen LogP contribution is 2.28. The lowest BCUT2D eigenvalue weighted by atomic mass is 9.84. The predicted octanol–water partition coefficient (Wildman–Crippen LogP) is 3.59. The number of anilines is 1. The molecule has 2 aliphatic rings. The summed E-state index contributed by atoms with van der Waals surface area (Å²) >= 11 is 0. The Morgan fingerprint density at radius 2 is 1.85 bits per heavy atom. The smallest absolute Gasteiger partial charge is 0.180 e. The lowest BCUT2D eigenvalue weighted by molar-refractivity contribution is 0.216. The highest BCUT2D eigenvalue weighted by molar-refractivity contribution is 5.89. The zero-order chi connectivity index (χ0) is 17.2. The van der Waals surface area contributed by atoms with Crippen LogP contribution in [-0.2, 0) is 0 Å². The van der Waals surface area contributed by atoms with Crippen molar-refractivity contribution in [1.29, 1.82) is 0 Å². The molecule has 1 aromatic heterocycles. The standard InChI is InChI=1S/C20H30N4O.ClH/c1-15-2-7-18-19(14-15)25-22-20(18)24-12-10-23(11-13-24)9-8-16-3-5-17(21)6-4-16;/h2,7,14,16-17H,3-6,8-13,21H2,1H3;1H. The van der Waals surface area contributed by atoms with Crippen molar-refractivity contribution in [2.24, 2.45) is 11.7 Å². The third-order valence-corrected chi connectivity index (χ3v) is 6.03. The topological polar surface area (TPSA) is 58.5 Å². The number of nitrogens with zero attached hydrogens (tertiary/aromatic N) is 3. The summed E-state index contributed by atoms with van der Waals surface area (Å²) in [6.45, 7) is 7.61. The van der Waals surface area contributed by atoms with E-state index in [2.05, 4.69) is 40.1 Å². The van der Waals surface area contributed by atoms with Crippen LogP contribution in [0, 0.1) is 12.8 Å². The first-order chi connectivity index (χ1) is 12.2. The number of nitrogens with two attached hydrogens (primary N) is 1. The molecule has 26 heavy (non-hydrogen) atoms. The Bertz CT molecular complexity index is 703. The van der Waals surface area contributed by atoms with Crippen LogP contribution in [0.1, 0.15) is 37.7 Å². The molecule has 0 unspecified atom stereocenters. The molecule has 6 heteroatoms. The van der Waals surface area contributed by atoms with Gasteiger partial charge in [0.2, 0.25) is 0 Å². The minimum atomic E-state index is 0. The van der Waals surface area contributed by atoms with E-state index in [1.165, 1.54) is 44.2 Å². The van der Waals surface area contributed by atoms with Gasteiger partial charge in [-0.3, -0.25) is 4.90 Å². The number of rotatable bonds is 4. The van der Waals surface area contributed by atoms with Gasteiger partial charge in [0.15, 0.2) is 11.4 Å². The van der Waals surface area contributed by atoms with Crippen molar-refractivity contribution in [3.05, 3.63) is 23.8 Å². The molecule has 1 saturated heterocycles. The van der Waals surface area contributed by atoms with Gasteiger partial charge in [-0.25, -0.2) is 0 Å². The van der Waals surface area contributed by atoms with Gasteiger partial charge in [-0.2, -0.15) is 0 Å². The molecule has 144 valence electrons. The lowest BCUT2D eigenvalue weighted by Crippen LogP contribution is -2.47. The van der Waals surface area contributed by atoms with E-state index < -0.39 is 0 Å². The zero-order valence-electron chi connectivity index (χ0n) is 15.7. The van der Waals surface area contributed by atoms with Gasteiger partial charge in [0.05, 0.1) is 5.39 Å². The molecular weight excluding hydrogens is 348 g/mol. The fourth-order valence-electron chi connectivity index (χ4n) is 4.28. The van der Waals surface area contributed by atoms with Gasteiger partial charge in [-0.15, -0.1) is 12.4 Å². The predicted molar refractivity (Wildman–Crippen MR) is 109 cm³/mol. The van der Waals surface area contributed by atoms with Gasteiger partial charge in [-0.05, 0) is 69.2 Å². The largest absolute Gasteiger partial charge is 0.354 e. The molecule has 4 rings (SSSR count). The third-order valence-electron chi connectivity index (χ3n) is 6.03. The van der Waals surface area contributed by atoms with E-state index in [-0.39, 0.29) is 12.4 Å². The SMILES string of the molecule is Cc1ccc2c(N3CCN(CCC4CCC(N)CC4)CC3)noc2c1.Cl. The third kappa shape index (κ3) is 4.33. The Labute approximate surface area is 162 Å². The fourth-order valence-corrected chi connectivity index (χ4v) is 4.28. The lowest BCUT2D eigenvalue weighted by Gasteiger charge is -2.36. The van der Waals surface area contributed by atoms with Crippen LogP contribution in [0.15, 0.2) is 22.7 Å². The Morgan fingerprint density at radius 3 is 2.58 bits per heavy atom. The summed E-state index contributed by atoms with van der Waals surface area (Å²) in [6, 6.07) is 6.80. The summed E-state index contributed by atoms with van der Waals surface area (Å²) in [5.41, 5.74) is 8.12. The number of hydrogen-bond donors (Lipinski definition) is 1. The first-order valence-corrected chi connectivity index (χ1v) is 9.78. The van der Waals surface area contributed by atoms with Crippen LogP contribution >= 0.6 is 12.4 Å². The summed E-state index contributed by atoms with van der Waals surface area (Å²) in [5.74, 6) is 1.90. The molecule has 0 spiro atoms. The minimum absolute atomic E-state index is 0. The summed E-state index contributed by atoms with van der Waals surface area (Å²) in [4.78, 5) is 4.98. The van der Waals surface area contributed by atoms with E-state index in [9.17, 15) is 0 Å². The second kappa shape index (κ2) is 8.59. The summed E-state index contributed by atoms with van der Waals surface area (Å²) < 4.78 is 5.53. The van der Waals surface area contributed by atoms with Crippen LogP contribution < -0.4 is 10.6 Å². The van der Waals surface area contributed by atoms with Gasteiger partial charge < -0.3 is 15.2 Å². The average molecular weight is 379 g/mol. The number of hydrogen-bond acceptors (Lipinski definition) is 5. The highest BCUT2D eigenvalue weighted by Gasteiger charge is 2.23. The van der Waals surface area contributed by atoms with Crippen molar-refractivity contribution in [3.8, 4) is 0 Å². The Hall–Kier alpha value is -1.30. The number of piperazine rings is 1. The first kappa shape index (κ1) is 19.5. The highest BCUT2D eigenvalue weighted by atomic mass is 35.5. The van der Waals surface area contributed by atoms with Crippen LogP contribution in [0.4, 0.5) is 5.82 Å². The van der Waals surface area contributed by atoms with Crippen LogP contribution in [0.3, 0.4) is 0 Å². The van der Waals surface area contributed by atoms with E-state index >= 15 is 0 Å². The van der Waals surface area contributed by atoms with E-state index in [0.29, 0.717) is 6.04 Å². The van der Waals surface area contributed by atoms with Crippen molar-refractivity contribution in [2.75, 3.05) is 37.6 Å². The normalized spacial score (nSPS) is 24.6. The number of aryl methyl sites for hydroxylation is 1. The molecule has 2 N–H and O–H groups in total. The van der Waals surface area contributed by atoms with Gasteiger partial charge in [0, 0.05) is 32.2 Å². The molecule has 0 bridgehead atoms. The van der Waals surface area contributed by atoms with Crippen molar-refractivity contribution in [1.82, 2.24) is 10.1 Å². The van der Waals surface area contributed by atoms with Crippen LogP contribution in [0.5, 0.6) is 0 Å². The van der Waals surface area contributed by atoms with Crippen molar-refractivity contribution in [3.63, 3.8) is 0 Å². The zero-order valence-corrected chi connectivity index (χ0v) is 16.5. The van der Waals surface area contributed by atoms with Crippen LogP contribution in [0.2, 0.25) is 0 Å². The molecule has 2 fully saturated rings. The van der Waals surface area contributed by atoms with Gasteiger partial charge in [0.25, 0.3) is 0 Å². The quantitative estimate of drug-likeness (QED) is 0.881. The molecule has 1 aromatic carbocycles. The number of aromatic nitrogens is 1. The van der Waals surface area contributed by atoms with Crippen molar-refractivity contribution >= 4 is 29.2 Å². The van der Waals surface area contributed by atoms with Crippen molar-refractivity contribution in [2.45, 2.75) is 45.1 Å². The van der Waals surface area contributed by atoms with Crippen LogP contribution in [0.25, 0.3) is 11.0 Å². The van der Waals surface area contributed by atoms with Crippen LogP contribution in [-0.4, -0.2) is 48.8 Å². The van der Waals surface area contributed by atoms with E-state index in [1.54, 1.807) is 0 Å². The van der Waals surface area contributed by atoms with E-state index in [4.69, 9.17) is 10.3 Å². The fraction of sp³-hybridized carbons (Fsp3) is 0.650. The molecule has 2 heterocycles. The molecule has 2 aromatic rings. The molecular formula is C20H31ClN4O. The molecule has 1 aliphatic carbocycles. The first-order valence-electron chi connectivity index (χ1n) is 9.78. The molecule has 0 amide bonds. The maximum absolute atomic E-state index is 6.02. The van der Waals surface area contributed by atoms with Gasteiger partial charge in [-0.1, -0.05) is 11.2 Å². The number of benzene rings is 1. The molecule has 5 nitrogen and oxygen atoms in total. The Balaban J connectivity index is 0.00000196. The summed E-state index contributed by atoms with van der Waals surface area (Å²) in [5, 5.41) is 5.47. The van der Waals surface area contributed by atoms with Gasteiger partial charge in [0.1, 0.15) is 0 Å². The molecule has 0 radical (unpaired) electrons. The van der Waals surface area contributed by atoms with E-state index in [0.717, 1.165) is 48.9 Å². The molecule has 0 atom stereocenters. The molecule has 1 saturated carbocycles. The monoisotopic (exact) mass is 378 g/mol. The second-order valence-corrected chi connectivity index (χ2v) is 7.90. The molecule has 1 aliphatic heterocycles. The minimum Gasteiger partial charge on any atom is -0.354 e. The summed E-state index contributed by atoms with van der Waals surface area (Å²) in [6.07, 6.45) is 6.42. The average Bonchev–Trinajstić information content (AvgIpc) is 3.04.